The molecule has 1 aromatic carbocycles. The van der Waals surface area contributed by atoms with E-state index in [4.69, 9.17) is 11.6 Å². The molecule has 0 atom stereocenters. The van der Waals surface area contributed by atoms with Crippen molar-refractivity contribution in [1.29, 1.82) is 0 Å². The third kappa shape index (κ3) is 2.04. The number of anilines is 2. The van der Waals surface area contributed by atoms with Crippen LogP contribution in [0.1, 0.15) is 5.56 Å². The van der Waals surface area contributed by atoms with Gasteiger partial charge < -0.3 is 4.79 Å². The molecule has 0 amide bonds. The van der Waals surface area contributed by atoms with E-state index in [9.17, 15) is 4.79 Å². The Morgan fingerprint density at radius 3 is 2.95 bits per heavy atom. The van der Waals surface area contributed by atoms with Crippen LogP contribution in [-0.2, 0) is 11.3 Å². The van der Waals surface area contributed by atoms with Crippen LogP contribution in [0.15, 0.2) is 42.7 Å². The van der Waals surface area contributed by atoms with Gasteiger partial charge in [-0.2, -0.15) is 0 Å². The molecular weight excluding hydrogens is 262 g/mol. The van der Waals surface area contributed by atoms with Crippen molar-refractivity contribution in [3.8, 4) is 0 Å². The molecule has 0 spiro atoms. The number of hydrazine groups is 1. The number of hydrogen-bond acceptors (Lipinski definition) is 4. The number of hydrogen-bond donors (Lipinski definition) is 0. The standard InChI is InChI=1S/C14H12ClN3O/c15-13-4-1-5-14-12(13)10-18(17(14)7-8-19)11-3-2-6-16-9-11/h1-6,8-9H,7,10H2. The van der Waals surface area contributed by atoms with Crippen molar-refractivity contribution in [2.24, 2.45) is 0 Å². The Labute approximate surface area is 116 Å². The zero-order valence-electron chi connectivity index (χ0n) is 10.2. The summed E-state index contributed by atoms with van der Waals surface area (Å²) in [5.74, 6) is 0. The minimum atomic E-state index is 0.294. The Hall–Kier alpha value is -2.07. The lowest BCUT2D eigenvalue weighted by Gasteiger charge is -2.30. The monoisotopic (exact) mass is 273 g/mol. The van der Waals surface area contributed by atoms with E-state index in [2.05, 4.69) is 4.98 Å². The number of pyridine rings is 1. The first kappa shape index (κ1) is 12.0. The SMILES string of the molecule is O=CCN1c2cccc(Cl)c2CN1c1cccnc1. The van der Waals surface area contributed by atoms with Crippen LogP contribution in [0.25, 0.3) is 0 Å². The maximum atomic E-state index is 10.9. The fourth-order valence-corrected chi connectivity index (χ4v) is 2.54. The molecule has 0 saturated carbocycles. The summed E-state index contributed by atoms with van der Waals surface area (Å²) in [6, 6.07) is 9.57. The molecule has 1 aromatic heterocycles. The first-order chi connectivity index (χ1) is 9.31. The van der Waals surface area contributed by atoms with Gasteiger partial charge in [0.1, 0.15) is 6.29 Å². The molecule has 0 aliphatic carbocycles. The topological polar surface area (TPSA) is 36.4 Å². The van der Waals surface area contributed by atoms with Crippen LogP contribution < -0.4 is 10.0 Å². The van der Waals surface area contributed by atoms with E-state index in [0.717, 1.165) is 28.2 Å². The summed E-state index contributed by atoms with van der Waals surface area (Å²) in [5, 5.41) is 4.66. The first-order valence-electron chi connectivity index (χ1n) is 5.97. The van der Waals surface area contributed by atoms with E-state index in [1.54, 1.807) is 12.4 Å². The summed E-state index contributed by atoms with van der Waals surface area (Å²) < 4.78 is 0. The Morgan fingerprint density at radius 2 is 2.21 bits per heavy atom. The van der Waals surface area contributed by atoms with E-state index in [1.165, 1.54) is 0 Å². The summed E-state index contributed by atoms with van der Waals surface area (Å²) in [4.78, 5) is 15.0. The van der Waals surface area contributed by atoms with Crippen LogP contribution in [0.4, 0.5) is 11.4 Å². The summed E-state index contributed by atoms with van der Waals surface area (Å²) in [6.45, 7) is 0.941. The molecule has 19 heavy (non-hydrogen) atoms. The molecule has 96 valence electrons. The number of nitrogens with zero attached hydrogens (tertiary/aromatic N) is 3. The molecule has 0 fully saturated rings. The summed E-state index contributed by atoms with van der Waals surface area (Å²) in [5.41, 5.74) is 2.95. The van der Waals surface area contributed by atoms with Crippen LogP contribution in [0.5, 0.6) is 0 Å². The predicted octanol–water partition coefficient (Wildman–Crippen LogP) is 2.68. The van der Waals surface area contributed by atoms with Crippen molar-refractivity contribution in [3.05, 3.63) is 53.3 Å². The lowest BCUT2D eigenvalue weighted by atomic mass is 10.2. The molecule has 0 radical (unpaired) electrons. The van der Waals surface area contributed by atoms with Gasteiger partial charge in [-0.25, -0.2) is 0 Å². The maximum absolute atomic E-state index is 10.9. The quantitative estimate of drug-likeness (QED) is 0.806. The van der Waals surface area contributed by atoms with Gasteiger partial charge in [-0.1, -0.05) is 17.7 Å². The average molecular weight is 274 g/mol. The lowest BCUT2D eigenvalue weighted by Crippen LogP contribution is -2.39. The van der Waals surface area contributed by atoms with Gasteiger partial charge in [0, 0.05) is 16.8 Å². The Morgan fingerprint density at radius 1 is 1.32 bits per heavy atom. The molecule has 0 unspecified atom stereocenters. The normalized spacial score (nSPS) is 13.5. The molecule has 0 bridgehead atoms. The fourth-order valence-electron chi connectivity index (χ4n) is 2.32. The third-order valence-corrected chi connectivity index (χ3v) is 3.52. The number of benzene rings is 1. The van der Waals surface area contributed by atoms with Crippen LogP contribution in [0.2, 0.25) is 5.02 Å². The van der Waals surface area contributed by atoms with E-state index < -0.39 is 0 Å². The molecular formula is C14H12ClN3O. The fraction of sp³-hybridized carbons (Fsp3) is 0.143. The zero-order chi connectivity index (χ0) is 13.2. The Bertz CT molecular complexity index is 603. The minimum absolute atomic E-state index is 0.294. The third-order valence-electron chi connectivity index (χ3n) is 3.16. The number of aromatic nitrogens is 1. The molecule has 1 aliphatic heterocycles. The van der Waals surface area contributed by atoms with Gasteiger partial charge >= 0.3 is 0 Å². The van der Waals surface area contributed by atoms with Crippen molar-refractivity contribution in [2.75, 3.05) is 16.6 Å². The molecule has 4 nitrogen and oxygen atoms in total. The van der Waals surface area contributed by atoms with E-state index in [1.807, 2.05) is 40.3 Å². The number of fused-ring (bicyclic) bond motifs is 1. The van der Waals surface area contributed by atoms with Gasteiger partial charge in [-0.3, -0.25) is 15.0 Å². The van der Waals surface area contributed by atoms with Gasteiger partial charge in [0.05, 0.1) is 30.7 Å². The predicted molar refractivity (Wildman–Crippen MR) is 75.3 cm³/mol. The number of halogens is 1. The van der Waals surface area contributed by atoms with Crippen molar-refractivity contribution in [1.82, 2.24) is 4.98 Å². The van der Waals surface area contributed by atoms with E-state index in [0.29, 0.717) is 13.1 Å². The largest absolute Gasteiger partial charge is 0.301 e. The number of carbonyl (C=O) groups is 1. The molecule has 1 aliphatic rings. The highest BCUT2D eigenvalue weighted by molar-refractivity contribution is 6.31. The molecule has 5 heteroatoms. The summed E-state index contributed by atoms with van der Waals surface area (Å²) in [6.07, 6.45) is 4.39. The van der Waals surface area contributed by atoms with Crippen LogP contribution in [0, 0.1) is 0 Å². The highest BCUT2D eigenvalue weighted by atomic mass is 35.5. The highest BCUT2D eigenvalue weighted by Gasteiger charge is 2.28. The Balaban J connectivity index is 2.04. The molecule has 2 aromatic rings. The lowest BCUT2D eigenvalue weighted by molar-refractivity contribution is -0.106. The smallest absolute Gasteiger partial charge is 0.141 e. The second kappa shape index (κ2) is 4.90. The molecule has 0 N–H and O–H groups in total. The van der Waals surface area contributed by atoms with E-state index in [-0.39, 0.29) is 0 Å². The van der Waals surface area contributed by atoms with Crippen LogP contribution in [0.3, 0.4) is 0 Å². The molecule has 3 rings (SSSR count). The summed E-state index contributed by atoms with van der Waals surface area (Å²) in [7, 11) is 0. The number of rotatable bonds is 3. The highest BCUT2D eigenvalue weighted by Crippen LogP contribution is 2.37. The van der Waals surface area contributed by atoms with E-state index >= 15 is 0 Å². The van der Waals surface area contributed by atoms with Crippen molar-refractivity contribution >= 4 is 29.3 Å². The zero-order valence-corrected chi connectivity index (χ0v) is 10.9. The van der Waals surface area contributed by atoms with Crippen molar-refractivity contribution in [3.63, 3.8) is 0 Å². The minimum Gasteiger partial charge on any atom is -0.301 e. The Kier molecular flexibility index (Phi) is 3.09. The second-order valence-electron chi connectivity index (χ2n) is 4.26. The summed E-state index contributed by atoms with van der Waals surface area (Å²) >= 11 is 6.23. The second-order valence-corrected chi connectivity index (χ2v) is 4.66. The number of carbonyl (C=O) groups excluding carboxylic acids is 1. The van der Waals surface area contributed by atoms with Gasteiger partial charge in [-0.05, 0) is 24.3 Å². The first-order valence-corrected chi connectivity index (χ1v) is 6.35. The van der Waals surface area contributed by atoms with Gasteiger partial charge in [0.25, 0.3) is 0 Å². The van der Waals surface area contributed by atoms with Gasteiger partial charge in [-0.15, -0.1) is 0 Å². The number of aldehydes is 1. The maximum Gasteiger partial charge on any atom is 0.141 e. The van der Waals surface area contributed by atoms with Crippen LogP contribution >= 0.6 is 11.6 Å². The van der Waals surface area contributed by atoms with Gasteiger partial charge in [0.15, 0.2) is 0 Å². The van der Waals surface area contributed by atoms with Crippen LogP contribution in [-0.4, -0.2) is 17.8 Å². The van der Waals surface area contributed by atoms with Gasteiger partial charge in [0.2, 0.25) is 0 Å². The molecule has 2 heterocycles. The average Bonchev–Trinajstić information content (AvgIpc) is 2.81. The molecule has 0 saturated heterocycles. The van der Waals surface area contributed by atoms with Crippen molar-refractivity contribution < 1.29 is 4.79 Å². The van der Waals surface area contributed by atoms with Crippen molar-refractivity contribution in [2.45, 2.75) is 6.54 Å².